The van der Waals surface area contributed by atoms with Crippen LogP contribution in [0.1, 0.15) is 18.4 Å². The molecule has 0 spiro atoms. The summed E-state index contributed by atoms with van der Waals surface area (Å²) in [4.78, 5) is 13.8. The summed E-state index contributed by atoms with van der Waals surface area (Å²) in [7, 11) is -3.28. The number of carbonyl (C=O) groups is 1. The van der Waals surface area contributed by atoms with Crippen LogP contribution in [0.3, 0.4) is 0 Å². The Balaban J connectivity index is 1.95. The number of carbonyl (C=O) groups excluding carboxylic acids is 1. The van der Waals surface area contributed by atoms with E-state index >= 15 is 0 Å². The van der Waals surface area contributed by atoms with Crippen molar-refractivity contribution >= 4 is 21.7 Å². The van der Waals surface area contributed by atoms with Gasteiger partial charge in [-0.2, -0.15) is 5.26 Å². The zero-order valence-corrected chi connectivity index (χ0v) is 13.1. The SMILES string of the molecule is CS(=O)(=O)N[C@H]1CCCN(C(=O)Nc2ccc(C#N)cc2)C1. The number of sulfonamides is 1. The van der Waals surface area contributed by atoms with Crippen LogP contribution >= 0.6 is 0 Å². The largest absolute Gasteiger partial charge is 0.323 e. The van der Waals surface area contributed by atoms with E-state index in [0.717, 1.165) is 12.7 Å². The summed E-state index contributed by atoms with van der Waals surface area (Å²) >= 11 is 0. The van der Waals surface area contributed by atoms with Gasteiger partial charge in [0.1, 0.15) is 0 Å². The Morgan fingerprint density at radius 2 is 2.05 bits per heavy atom. The molecule has 1 aliphatic heterocycles. The predicted octanol–water partition coefficient (Wildman–Crippen LogP) is 1.10. The number of urea groups is 1. The molecule has 1 saturated heterocycles. The second-order valence-corrected chi connectivity index (χ2v) is 7.07. The van der Waals surface area contributed by atoms with E-state index in [-0.39, 0.29) is 12.1 Å². The Labute approximate surface area is 130 Å². The van der Waals surface area contributed by atoms with Gasteiger partial charge in [-0.25, -0.2) is 17.9 Å². The average Bonchev–Trinajstić information content (AvgIpc) is 2.46. The topological polar surface area (TPSA) is 102 Å². The first kappa shape index (κ1) is 16.3. The van der Waals surface area contributed by atoms with E-state index in [1.165, 1.54) is 0 Å². The number of piperidine rings is 1. The molecule has 0 aliphatic carbocycles. The number of amides is 2. The molecular weight excluding hydrogens is 304 g/mol. The monoisotopic (exact) mass is 322 g/mol. The lowest BCUT2D eigenvalue weighted by Crippen LogP contribution is -2.50. The Hall–Kier alpha value is -2.11. The van der Waals surface area contributed by atoms with Gasteiger partial charge in [-0.3, -0.25) is 0 Å². The first-order chi connectivity index (χ1) is 10.4. The summed E-state index contributed by atoms with van der Waals surface area (Å²) in [5.74, 6) is 0. The van der Waals surface area contributed by atoms with Crippen LogP contribution in [-0.2, 0) is 10.0 Å². The molecule has 118 valence electrons. The van der Waals surface area contributed by atoms with Crippen molar-refractivity contribution in [2.24, 2.45) is 0 Å². The molecule has 8 heteroatoms. The van der Waals surface area contributed by atoms with E-state index in [1.807, 2.05) is 6.07 Å². The standard InChI is InChI=1S/C14H18N4O3S/c1-22(20,21)17-13-3-2-8-18(10-13)14(19)16-12-6-4-11(9-15)5-7-12/h4-7,13,17H,2-3,8,10H2,1H3,(H,16,19)/t13-/m0/s1. The number of nitrogens with one attached hydrogen (secondary N) is 2. The molecule has 2 rings (SSSR count). The maximum absolute atomic E-state index is 12.2. The van der Waals surface area contributed by atoms with Gasteiger partial charge in [0.2, 0.25) is 10.0 Å². The molecule has 1 heterocycles. The van der Waals surface area contributed by atoms with E-state index in [0.29, 0.717) is 30.8 Å². The molecule has 7 nitrogen and oxygen atoms in total. The van der Waals surface area contributed by atoms with Crippen molar-refractivity contribution < 1.29 is 13.2 Å². The third-order valence-corrected chi connectivity index (χ3v) is 4.12. The van der Waals surface area contributed by atoms with Gasteiger partial charge in [0, 0.05) is 24.8 Å². The van der Waals surface area contributed by atoms with Gasteiger partial charge < -0.3 is 10.2 Å². The van der Waals surface area contributed by atoms with Crippen molar-refractivity contribution in [2.45, 2.75) is 18.9 Å². The van der Waals surface area contributed by atoms with E-state index in [2.05, 4.69) is 10.0 Å². The van der Waals surface area contributed by atoms with Gasteiger partial charge in [0.15, 0.2) is 0 Å². The second kappa shape index (κ2) is 6.77. The number of rotatable bonds is 3. The Morgan fingerprint density at radius 1 is 1.36 bits per heavy atom. The minimum Gasteiger partial charge on any atom is -0.323 e. The molecule has 0 saturated carbocycles. The van der Waals surface area contributed by atoms with Crippen LogP contribution < -0.4 is 10.0 Å². The number of hydrogen-bond donors (Lipinski definition) is 2. The van der Waals surface area contributed by atoms with Crippen molar-refractivity contribution in [3.63, 3.8) is 0 Å². The van der Waals surface area contributed by atoms with Crippen LogP contribution in [0.5, 0.6) is 0 Å². The molecule has 2 amide bonds. The molecule has 1 fully saturated rings. The molecule has 0 radical (unpaired) electrons. The smallest absolute Gasteiger partial charge is 0.321 e. The quantitative estimate of drug-likeness (QED) is 0.870. The van der Waals surface area contributed by atoms with Crippen LogP contribution in [0.25, 0.3) is 0 Å². The maximum atomic E-state index is 12.2. The summed E-state index contributed by atoms with van der Waals surface area (Å²) in [6, 6.07) is 8.05. The lowest BCUT2D eigenvalue weighted by atomic mass is 10.1. The first-order valence-electron chi connectivity index (χ1n) is 6.91. The average molecular weight is 322 g/mol. The highest BCUT2D eigenvalue weighted by molar-refractivity contribution is 7.88. The minimum atomic E-state index is -3.28. The molecule has 1 aromatic carbocycles. The second-order valence-electron chi connectivity index (χ2n) is 5.29. The molecular formula is C14H18N4O3S. The van der Waals surface area contributed by atoms with Gasteiger partial charge in [-0.05, 0) is 37.1 Å². The summed E-state index contributed by atoms with van der Waals surface area (Å²) < 4.78 is 25.1. The fourth-order valence-corrected chi connectivity index (χ4v) is 3.19. The molecule has 2 N–H and O–H groups in total. The highest BCUT2D eigenvalue weighted by Gasteiger charge is 2.25. The Morgan fingerprint density at radius 3 is 2.64 bits per heavy atom. The third kappa shape index (κ3) is 4.72. The van der Waals surface area contributed by atoms with Crippen LogP contribution in [0, 0.1) is 11.3 Å². The molecule has 1 aromatic rings. The maximum Gasteiger partial charge on any atom is 0.321 e. The molecule has 22 heavy (non-hydrogen) atoms. The number of likely N-dealkylation sites (tertiary alicyclic amines) is 1. The highest BCUT2D eigenvalue weighted by atomic mass is 32.2. The number of benzene rings is 1. The van der Waals surface area contributed by atoms with Crippen LogP contribution in [0.4, 0.5) is 10.5 Å². The highest BCUT2D eigenvalue weighted by Crippen LogP contribution is 2.14. The van der Waals surface area contributed by atoms with Crippen molar-refractivity contribution in [1.82, 2.24) is 9.62 Å². The Kier molecular flexibility index (Phi) is 5.00. The molecule has 0 aromatic heterocycles. The van der Waals surface area contributed by atoms with Crippen LogP contribution in [-0.4, -0.2) is 44.7 Å². The predicted molar refractivity (Wildman–Crippen MR) is 82.8 cm³/mol. The van der Waals surface area contributed by atoms with Crippen LogP contribution in [0.15, 0.2) is 24.3 Å². The summed E-state index contributed by atoms with van der Waals surface area (Å²) in [6.07, 6.45) is 2.57. The number of anilines is 1. The zero-order valence-electron chi connectivity index (χ0n) is 12.2. The number of hydrogen-bond acceptors (Lipinski definition) is 4. The number of nitrogens with zero attached hydrogens (tertiary/aromatic N) is 2. The van der Waals surface area contributed by atoms with E-state index in [4.69, 9.17) is 5.26 Å². The van der Waals surface area contributed by atoms with Gasteiger partial charge in [0.05, 0.1) is 17.9 Å². The first-order valence-corrected chi connectivity index (χ1v) is 8.80. The van der Waals surface area contributed by atoms with E-state index in [1.54, 1.807) is 29.2 Å². The Bertz CT molecular complexity index is 679. The van der Waals surface area contributed by atoms with E-state index in [9.17, 15) is 13.2 Å². The van der Waals surface area contributed by atoms with E-state index < -0.39 is 10.0 Å². The van der Waals surface area contributed by atoms with Crippen molar-refractivity contribution in [1.29, 1.82) is 5.26 Å². The lowest BCUT2D eigenvalue weighted by Gasteiger charge is -2.32. The van der Waals surface area contributed by atoms with Crippen molar-refractivity contribution in [3.8, 4) is 6.07 Å². The number of nitriles is 1. The van der Waals surface area contributed by atoms with Gasteiger partial charge >= 0.3 is 6.03 Å². The zero-order chi connectivity index (χ0) is 16.2. The van der Waals surface area contributed by atoms with Gasteiger partial charge in [-0.1, -0.05) is 0 Å². The molecule has 0 unspecified atom stereocenters. The normalized spacial score (nSPS) is 18.5. The molecule has 0 bridgehead atoms. The van der Waals surface area contributed by atoms with Crippen molar-refractivity contribution in [3.05, 3.63) is 29.8 Å². The lowest BCUT2D eigenvalue weighted by molar-refractivity contribution is 0.190. The summed E-state index contributed by atoms with van der Waals surface area (Å²) in [5, 5.41) is 11.5. The summed E-state index contributed by atoms with van der Waals surface area (Å²) in [6.45, 7) is 0.930. The molecule has 1 atom stereocenters. The fourth-order valence-electron chi connectivity index (χ4n) is 2.39. The minimum absolute atomic E-state index is 0.254. The third-order valence-electron chi connectivity index (χ3n) is 3.35. The summed E-state index contributed by atoms with van der Waals surface area (Å²) in [5.41, 5.74) is 1.12. The fraction of sp³-hybridized carbons (Fsp3) is 0.429. The van der Waals surface area contributed by atoms with Crippen molar-refractivity contribution in [2.75, 3.05) is 24.7 Å². The van der Waals surface area contributed by atoms with Gasteiger partial charge in [-0.15, -0.1) is 0 Å². The van der Waals surface area contributed by atoms with Crippen LogP contribution in [0.2, 0.25) is 0 Å². The van der Waals surface area contributed by atoms with Gasteiger partial charge in [0.25, 0.3) is 0 Å². The molecule has 1 aliphatic rings.